The van der Waals surface area contributed by atoms with Gasteiger partial charge in [-0.25, -0.2) is 0 Å². The minimum atomic E-state index is -2.19. The second kappa shape index (κ2) is 7.10. The van der Waals surface area contributed by atoms with E-state index < -0.39 is 6.98 Å². The zero-order valence-electron chi connectivity index (χ0n) is 15.3. The quantitative estimate of drug-likeness (QED) is 0.719. The van der Waals surface area contributed by atoms with Gasteiger partial charge in [0.2, 0.25) is 0 Å². The lowest BCUT2D eigenvalue weighted by molar-refractivity contribution is 0.293. The molecule has 0 heterocycles. The predicted octanol–water partition coefficient (Wildman–Crippen LogP) is 4.57. The highest BCUT2D eigenvalue weighted by molar-refractivity contribution is 5.88. The normalized spacial score (nSPS) is 14.8. The van der Waals surface area contributed by atoms with Crippen molar-refractivity contribution in [3.8, 4) is 5.75 Å². The third-order valence-corrected chi connectivity index (χ3v) is 3.79. The number of hydrogen-bond acceptors (Lipinski definition) is 2. The Morgan fingerprint density at radius 2 is 1.73 bits per heavy atom. The van der Waals surface area contributed by atoms with Crippen LogP contribution in [0, 0.1) is 0 Å². The smallest absolute Gasteiger partial charge is 0.127 e. The summed E-state index contributed by atoms with van der Waals surface area (Å²) in [5, 5.41) is 4.90. The van der Waals surface area contributed by atoms with Gasteiger partial charge >= 0.3 is 0 Å². The number of rotatable bonds is 6. The highest BCUT2D eigenvalue weighted by atomic mass is 16.5. The standard InChI is InChI=1S/C20H21NO/c1-21-19(17-9-3-2-4-10-17)14-15-22-20-13-7-11-16-8-5-6-12-18(16)20/h2-13,19,21H,14-15H2,1H3/i1D3. The molecule has 112 valence electrons. The van der Waals surface area contributed by atoms with Gasteiger partial charge in [-0.3, -0.25) is 0 Å². The number of hydrogen-bond donors (Lipinski definition) is 1. The topological polar surface area (TPSA) is 21.3 Å². The van der Waals surface area contributed by atoms with Crippen molar-refractivity contribution in [1.82, 2.24) is 5.32 Å². The molecular weight excluding hydrogens is 270 g/mol. The van der Waals surface area contributed by atoms with Crippen LogP contribution in [-0.4, -0.2) is 13.6 Å². The molecule has 0 fully saturated rings. The van der Waals surface area contributed by atoms with Gasteiger partial charge in [0.25, 0.3) is 0 Å². The Morgan fingerprint density at radius 3 is 2.59 bits per heavy atom. The van der Waals surface area contributed by atoms with Gasteiger partial charge in [0.15, 0.2) is 0 Å². The summed E-state index contributed by atoms with van der Waals surface area (Å²) in [6, 6.07) is 23.3. The van der Waals surface area contributed by atoms with Crippen molar-refractivity contribution >= 4 is 10.8 Å². The molecule has 3 rings (SSSR count). The summed E-state index contributed by atoms with van der Waals surface area (Å²) >= 11 is 0. The van der Waals surface area contributed by atoms with Crippen LogP contribution in [0.25, 0.3) is 10.8 Å². The van der Waals surface area contributed by atoms with Crippen LogP contribution in [0.2, 0.25) is 0 Å². The molecule has 22 heavy (non-hydrogen) atoms. The Morgan fingerprint density at radius 1 is 0.955 bits per heavy atom. The molecule has 0 bridgehead atoms. The summed E-state index contributed by atoms with van der Waals surface area (Å²) in [7, 11) is 0. The van der Waals surface area contributed by atoms with E-state index in [1.54, 1.807) is 0 Å². The van der Waals surface area contributed by atoms with Gasteiger partial charge in [-0.15, -0.1) is 0 Å². The summed E-state index contributed by atoms with van der Waals surface area (Å²) in [5.41, 5.74) is 0.945. The maximum Gasteiger partial charge on any atom is 0.127 e. The molecule has 0 aliphatic carbocycles. The highest BCUT2D eigenvalue weighted by Gasteiger charge is 2.09. The molecule has 1 unspecified atom stereocenters. The molecule has 0 radical (unpaired) electrons. The SMILES string of the molecule is [2H]C([2H])([2H])NC(CCOc1cccc2ccccc12)c1ccccc1. The maximum atomic E-state index is 7.50. The van der Waals surface area contributed by atoms with E-state index in [0.29, 0.717) is 13.0 Å². The van der Waals surface area contributed by atoms with Crippen LogP contribution < -0.4 is 10.1 Å². The number of benzene rings is 3. The average molecular weight is 294 g/mol. The third kappa shape index (κ3) is 3.29. The fourth-order valence-corrected chi connectivity index (χ4v) is 2.62. The lowest BCUT2D eigenvalue weighted by atomic mass is 10.0. The Labute approximate surface area is 136 Å². The maximum absolute atomic E-state index is 7.50. The molecule has 2 nitrogen and oxygen atoms in total. The van der Waals surface area contributed by atoms with Crippen molar-refractivity contribution in [3.05, 3.63) is 78.4 Å². The van der Waals surface area contributed by atoms with Gasteiger partial charge in [-0.2, -0.15) is 0 Å². The average Bonchev–Trinajstić information content (AvgIpc) is 2.61. The molecule has 0 saturated heterocycles. The monoisotopic (exact) mass is 294 g/mol. The van der Waals surface area contributed by atoms with Gasteiger partial charge in [-0.1, -0.05) is 66.7 Å². The van der Waals surface area contributed by atoms with Crippen LogP contribution in [0.15, 0.2) is 72.8 Å². The predicted molar refractivity (Wildman–Crippen MR) is 92.3 cm³/mol. The number of ether oxygens (including phenoxy) is 1. The molecule has 0 saturated carbocycles. The first-order chi connectivity index (χ1) is 12.0. The zero-order chi connectivity index (χ0) is 17.7. The van der Waals surface area contributed by atoms with Crippen molar-refractivity contribution in [2.24, 2.45) is 0 Å². The summed E-state index contributed by atoms with van der Waals surface area (Å²) < 4.78 is 28.5. The molecular formula is C20H21NO. The summed E-state index contributed by atoms with van der Waals surface area (Å²) in [5.74, 6) is 0.818. The molecule has 1 N–H and O–H groups in total. The first-order valence-corrected chi connectivity index (χ1v) is 7.46. The van der Waals surface area contributed by atoms with Crippen molar-refractivity contribution in [2.75, 3.05) is 13.6 Å². The lowest BCUT2D eigenvalue weighted by Crippen LogP contribution is -2.19. The molecule has 0 aliphatic rings. The van der Waals surface area contributed by atoms with E-state index in [2.05, 4.69) is 5.32 Å². The number of nitrogens with one attached hydrogen (secondary N) is 1. The Balaban J connectivity index is 1.71. The van der Waals surface area contributed by atoms with E-state index in [0.717, 1.165) is 22.1 Å². The van der Waals surface area contributed by atoms with E-state index in [1.165, 1.54) is 0 Å². The van der Waals surface area contributed by atoms with E-state index in [1.807, 2.05) is 72.8 Å². The highest BCUT2D eigenvalue weighted by Crippen LogP contribution is 2.26. The molecule has 3 aromatic carbocycles. The third-order valence-electron chi connectivity index (χ3n) is 3.79. The molecule has 1 atom stereocenters. The van der Waals surface area contributed by atoms with Gasteiger partial charge in [0.05, 0.1) is 6.61 Å². The minimum absolute atomic E-state index is 0.288. The molecule has 0 aliphatic heterocycles. The fourth-order valence-electron chi connectivity index (χ4n) is 2.62. The van der Waals surface area contributed by atoms with Crippen molar-refractivity contribution < 1.29 is 8.85 Å². The van der Waals surface area contributed by atoms with Crippen LogP contribution in [0.4, 0.5) is 0 Å². The van der Waals surface area contributed by atoms with E-state index in [9.17, 15) is 0 Å². The van der Waals surface area contributed by atoms with E-state index >= 15 is 0 Å². The second-order valence-corrected chi connectivity index (χ2v) is 5.22. The molecule has 0 aromatic heterocycles. The molecule has 0 spiro atoms. The van der Waals surface area contributed by atoms with Crippen molar-refractivity contribution in [2.45, 2.75) is 12.5 Å². The Bertz CT molecular complexity index is 813. The van der Waals surface area contributed by atoms with Gasteiger partial charge in [-0.05, 0) is 24.0 Å². The van der Waals surface area contributed by atoms with Gasteiger partial charge in [0.1, 0.15) is 5.75 Å². The largest absolute Gasteiger partial charge is 0.493 e. The Hall–Kier alpha value is -2.32. The zero-order valence-corrected chi connectivity index (χ0v) is 12.3. The second-order valence-electron chi connectivity index (χ2n) is 5.22. The van der Waals surface area contributed by atoms with Crippen LogP contribution in [-0.2, 0) is 0 Å². The van der Waals surface area contributed by atoms with Crippen LogP contribution in [0.5, 0.6) is 5.75 Å². The first-order valence-electron chi connectivity index (χ1n) is 8.96. The van der Waals surface area contributed by atoms with Crippen LogP contribution in [0.1, 0.15) is 22.1 Å². The molecule has 0 amide bonds. The minimum Gasteiger partial charge on any atom is -0.493 e. The summed E-state index contributed by atoms with van der Waals surface area (Å²) in [6.07, 6.45) is 0.561. The van der Waals surface area contributed by atoms with Gasteiger partial charge < -0.3 is 10.1 Å². The van der Waals surface area contributed by atoms with Crippen LogP contribution in [0.3, 0.4) is 0 Å². The Kier molecular flexibility index (Phi) is 3.64. The number of fused-ring (bicyclic) bond motifs is 1. The van der Waals surface area contributed by atoms with E-state index in [-0.39, 0.29) is 6.04 Å². The van der Waals surface area contributed by atoms with Gasteiger partial charge in [0, 0.05) is 22.0 Å². The van der Waals surface area contributed by atoms with Crippen molar-refractivity contribution in [3.63, 3.8) is 0 Å². The molecule has 3 aromatic rings. The molecule has 2 heteroatoms. The summed E-state index contributed by atoms with van der Waals surface area (Å²) in [4.78, 5) is 0. The fraction of sp³-hybridized carbons (Fsp3) is 0.200. The first kappa shape index (κ1) is 11.3. The van der Waals surface area contributed by atoms with E-state index in [4.69, 9.17) is 8.85 Å². The van der Waals surface area contributed by atoms with Crippen LogP contribution >= 0.6 is 0 Å². The van der Waals surface area contributed by atoms with Crippen molar-refractivity contribution in [1.29, 1.82) is 0 Å². The lowest BCUT2D eigenvalue weighted by Gasteiger charge is -2.17. The summed E-state index contributed by atoms with van der Waals surface area (Å²) in [6.45, 7) is -1.77.